The molecule has 0 aliphatic carbocycles. The predicted molar refractivity (Wildman–Crippen MR) is 68.6 cm³/mol. The van der Waals surface area contributed by atoms with Crippen LogP contribution in [0.2, 0.25) is 0 Å². The summed E-state index contributed by atoms with van der Waals surface area (Å²) in [4.78, 5) is 0. The molecule has 0 aliphatic heterocycles. The first-order valence-corrected chi connectivity index (χ1v) is 5.96. The zero-order valence-corrected chi connectivity index (χ0v) is 10.9. The molecule has 1 nitrogen and oxygen atoms in total. The van der Waals surface area contributed by atoms with Crippen LogP contribution in [0, 0.1) is 12.0 Å². The number of hydrogen-bond donors (Lipinski definition) is 0. The van der Waals surface area contributed by atoms with Crippen molar-refractivity contribution in [2.75, 3.05) is 0 Å². The Bertz CT molecular complexity index is 498. The number of benzene rings is 1. The van der Waals surface area contributed by atoms with Gasteiger partial charge in [0.05, 0.1) is 9.21 Å². The fraction of sp³-hybridized carbons (Fsp3) is 0. The SMILES string of the molecule is Brc1ccc(Br)n1C#Cc1ccccc1. The first-order valence-electron chi connectivity index (χ1n) is 4.37. The lowest BCUT2D eigenvalue weighted by molar-refractivity contribution is 1.07. The van der Waals surface area contributed by atoms with E-state index in [4.69, 9.17) is 0 Å². The topological polar surface area (TPSA) is 4.93 Å². The lowest BCUT2D eigenvalue weighted by Gasteiger charge is -1.94. The van der Waals surface area contributed by atoms with E-state index in [2.05, 4.69) is 43.8 Å². The van der Waals surface area contributed by atoms with Crippen molar-refractivity contribution < 1.29 is 0 Å². The van der Waals surface area contributed by atoms with Gasteiger partial charge in [0.15, 0.2) is 0 Å². The quantitative estimate of drug-likeness (QED) is 0.648. The van der Waals surface area contributed by atoms with E-state index in [9.17, 15) is 0 Å². The highest BCUT2D eigenvalue weighted by molar-refractivity contribution is 9.11. The van der Waals surface area contributed by atoms with E-state index < -0.39 is 0 Å². The molecule has 2 aromatic rings. The van der Waals surface area contributed by atoms with E-state index in [0.29, 0.717) is 0 Å². The van der Waals surface area contributed by atoms with Gasteiger partial charge in [-0.3, -0.25) is 4.57 Å². The molecule has 0 radical (unpaired) electrons. The molecule has 1 heterocycles. The molecule has 0 saturated carbocycles. The number of hydrogen-bond acceptors (Lipinski definition) is 0. The Balaban J connectivity index is 2.34. The van der Waals surface area contributed by atoms with E-state index in [-0.39, 0.29) is 0 Å². The van der Waals surface area contributed by atoms with Crippen LogP contribution in [-0.2, 0) is 0 Å². The van der Waals surface area contributed by atoms with Crippen LogP contribution in [0.3, 0.4) is 0 Å². The van der Waals surface area contributed by atoms with E-state index in [1.165, 1.54) is 0 Å². The monoisotopic (exact) mass is 323 g/mol. The predicted octanol–water partition coefficient (Wildman–Crippen LogP) is 3.87. The molecule has 0 spiro atoms. The van der Waals surface area contributed by atoms with Gasteiger partial charge in [0, 0.05) is 11.6 Å². The Morgan fingerprint density at radius 1 is 0.867 bits per heavy atom. The molecule has 1 aromatic heterocycles. The maximum Gasteiger partial charge on any atom is 0.0981 e. The normalized spacial score (nSPS) is 9.47. The van der Waals surface area contributed by atoms with Gasteiger partial charge >= 0.3 is 0 Å². The maximum absolute atomic E-state index is 3.42. The van der Waals surface area contributed by atoms with Crippen molar-refractivity contribution in [3.8, 4) is 12.0 Å². The van der Waals surface area contributed by atoms with Crippen molar-refractivity contribution in [2.45, 2.75) is 0 Å². The Kier molecular flexibility index (Phi) is 3.30. The third-order valence-corrected chi connectivity index (χ3v) is 3.11. The largest absolute Gasteiger partial charge is 0.256 e. The van der Waals surface area contributed by atoms with Gasteiger partial charge in [0.25, 0.3) is 0 Å². The van der Waals surface area contributed by atoms with Crippen LogP contribution in [0.15, 0.2) is 51.7 Å². The Morgan fingerprint density at radius 3 is 2.07 bits per heavy atom. The number of halogens is 2. The van der Waals surface area contributed by atoms with Crippen LogP contribution in [-0.4, -0.2) is 4.57 Å². The zero-order chi connectivity index (χ0) is 10.7. The van der Waals surface area contributed by atoms with Gasteiger partial charge in [-0.15, -0.1) is 0 Å². The van der Waals surface area contributed by atoms with E-state index in [1.807, 2.05) is 47.0 Å². The molecular formula is C12H7Br2N. The van der Waals surface area contributed by atoms with E-state index in [1.54, 1.807) is 0 Å². The first kappa shape index (κ1) is 10.5. The molecule has 0 amide bonds. The fourth-order valence-corrected chi connectivity index (χ4v) is 2.20. The average Bonchev–Trinajstić information content (AvgIpc) is 2.58. The van der Waals surface area contributed by atoms with Crippen molar-refractivity contribution in [3.63, 3.8) is 0 Å². The molecule has 2 rings (SSSR count). The van der Waals surface area contributed by atoms with Crippen LogP contribution in [0.25, 0.3) is 0 Å². The van der Waals surface area contributed by atoms with Crippen LogP contribution in [0.4, 0.5) is 0 Å². The molecule has 0 atom stereocenters. The average molecular weight is 325 g/mol. The molecule has 0 saturated heterocycles. The molecule has 0 unspecified atom stereocenters. The smallest absolute Gasteiger partial charge is 0.0981 e. The van der Waals surface area contributed by atoms with Crippen molar-refractivity contribution >= 4 is 31.9 Å². The van der Waals surface area contributed by atoms with Gasteiger partial charge < -0.3 is 0 Å². The van der Waals surface area contributed by atoms with Gasteiger partial charge in [0.1, 0.15) is 0 Å². The van der Waals surface area contributed by atoms with Crippen molar-refractivity contribution in [1.29, 1.82) is 0 Å². The molecular weight excluding hydrogens is 318 g/mol. The number of nitrogens with zero attached hydrogens (tertiary/aromatic N) is 1. The van der Waals surface area contributed by atoms with E-state index >= 15 is 0 Å². The summed E-state index contributed by atoms with van der Waals surface area (Å²) in [6.07, 6.45) is 0. The van der Waals surface area contributed by atoms with Crippen molar-refractivity contribution in [3.05, 3.63) is 57.2 Å². The Labute approximate surface area is 105 Å². The molecule has 1 aromatic carbocycles. The van der Waals surface area contributed by atoms with Crippen LogP contribution in [0.1, 0.15) is 5.56 Å². The summed E-state index contributed by atoms with van der Waals surface area (Å²) in [5.41, 5.74) is 1.00. The van der Waals surface area contributed by atoms with Gasteiger partial charge in [-0.25, -0.2) is 0 Å². The molecule has 0 bridgehead atoms. The minimum atomic E-state index is 0.942. The van der Waals surface area contributed by atoms with Crippen LogP contribution < -0.4 is 0 Å². The third kappa shape index (κ3) is 2.53. The molecule has 0 aliphatic rings. The summed E-state index contributed by atoms with van der Waals surface area (Å²) in [6.45, 7) is 0. The van der Waals surface area contributed by atoms with Crippen molar-refractivity contribution in [1.82, 2.24) is 4.57 Å². The summed E-state index contributed by atoms with van der Waals surface area (Å²) >= 11 is 6.84. The highest BCUT2D eigenvalue weighted by Crippen LogP contribution is 2.18. The molecule has 3 heteroatoms. The summed E-state index contributed by atoms with van der Waals surface area (Å²) in [7, 11) is 0. The summed E-state index contributed by atoms with van der Waals surface area (Å²) in [6, 6.07) is 16.8. The minimum absolute atomic E-state index is 0.942. The Hall–Kier alpha value is -0.980. The van der Waals surface area contributed by atoms with Gasteiger partial charge in [-0.2, -0.15) is 0 Å². The summed E-state index contributed by atoms with van der Waals surface area (Å²) in [5, 5.41) is 0. The molecule has 74 valence electrons. The second-order valence-corrected chi connectivity index (χ2v) is 4.54. The van der Waals surface area contributed by atoms with Crippen LogP contribution in [0.5, 0.6) is 0 Å². The summed E-state index contributed by atoms with van der Waals surface area (Å²) in [5.74, 6) is 3.08. The fourth-order valence-electron chi connectivity index (χ4n) is 1.14. The summed E-state index contributed by atoms with van der Waals surface area (Å²) < 4.78 is 3.73. The van der Waals surface area contributed by atoms with Gasteiger partial charge in [0.2, 0.25) is 0 Å². The minimum Gasteiger partial charge on any atom is -0.256 e. The van der Waals surface area contributed by atoms with Gasteiger partial charge in [-0.05, 0) is 62.0 Å². The second kappa shape index (κ2) is 4.69. The zero-order valence-electron chi connectivity index (χ0n) is 7.74. The molecule has 0 fully saturated rings. The standard InChI is InChI=1S/C12H7Br2N/c13-11-6-7-12(14)15(11)9-8-10-4-2-1-3-5-10/h1-7H. The highest BCUT2D eigenvalue weighted by Gasteiger charge is 1.98. The van der Waals surface area contributed by atoms with Crippen molar-refractivity contribution in [2.24, 2.45) is 0 Å². The Morgan fingerprint density at radius 2 is 1.47 bits per heavy atom. The lowest BCUT2D eigenvalue weighted by Crippen LogP contribution is -1.87. The van der Waals surface area contributed by atoms with E-state index in [0.717, 1.165) is 14.8 Å². The molecule has 15 heavy (non-hydrogen) atoms. The van der Waals surface area contributed by atoms with Crippen LogP contribution >= 0.6 is 31.9 Å². The highest BCUT2D eigenvalue weighted by atomic mass is 79.9. The lowest BCUT2D eigenvalue weighted by atomic mass is 10.2. The maximum atomic E-state index is 3.42. The first-order chi connectivity index (χ1) is 7.27. The van der Waals surface area contributed by atoms with Gasteiger partial charge in [-0.1, -0.05) is 18.2 Å². The molecule has 0 N–H and O–H groups in total. The number of rotatable bonds is 0. The third-order valence-electron chi connectivity index (χ3n) is 1.87. The number of aromatic nitrogens is 1. The second-order valence-electron chi connectivity index (χ2n) is 2.92.